The first kappa shape index (κ1) is 13.8. The van der Waals surface area contributed by atoms with Crippen molar-refractivity contribution in [2.24, 2.45) is 0 Å². The van der Waals surface area contributed by atoms with Crippen LogP contribution in [0.1, 0.15) is 27.0 Å². The van der Waals surface area contributed by atoms with E-state index in [1.807, 2.05) is 6.07 Å². The van der Waals surface area contributed by atoms with Gasteiger partial charge in [0.15, 0.2) is 5.82 Å². The second-order valence-corrected chi connectivity index (χ2v) is 4.76. The van der Waals surface area contributed by atoms with Gasteiger partial charge >= 0.3 is 5.97 Å². The van der Waals surface area contributed by atoms with Gasteiger partial charge in [0.05, 0.1) is 19.3 Å². The van der Waals surface area contributed by atoms with Gasteiger partial charge in [0.25, 0.3) is 0 Å². The van der Waals surface area contributed by atoms with Gasteiger partial charge in [0.2, 0.25) is 5.89 Å². The summed E-state index contributed by atoms with van der Waals surface area (Å²) >= 11 is 1.07. The van der Waals surface area contributed by atoms with Crippen LogP contribution in [0.15, 0.2) is 4.52 Å². The second kappa shape index (κ2) is 5.58. The topological polar surface area (TPSA) is 127 Å². The van der Waals surface area contributed by atoms with Crippen LogP contribution >= 0.6 is 11.3 Å². The Bertz CT molecular complexity index is 685. The van der Waals surface area contributed by atoms with E-state index in [2.05, 4.69) is 20.2 Å². The number of esters is 1. The van der Waals surface area contributed by atoms with Crippen molar-refractivity contribution in [3.63, 3.8) is 0 Å². The number of carbonyl (C=O) groups excluding carboxylic acids is 1. The molecule has 0 amide bonds. The smallest absolute Gasteiger partial charge is 0.343 e. The van der Waals surface area contributed by atoms with E-state index in [1.165, 1.54) is 7.11 Å². The largest absolute Gasteiger partial charge is 0.465 e. The minimum atomic E-state index is -0.607. The lowest BCUT2D eigenvalue weighted by Gasteiger charge is -2.04. The third-order valence-electron chi connectivity index (χ3n) is 2.41. The molecule has 0 unspecified atom stereocenters. The number of hydrogen-bond donors (Lipinski definition) is 2. The Morgan fingerprint density at radius 1 is 1.65 bits per heavy atom. The Labute approximate surface area is 118 Å². The van der Waals surface area contributed by atoms with Crippen LogP contribution in [0.3, 0.4) is 0 Å². The second-order valence-electron chi connectivity index (χ2n) is 3.74. The number of nitrogens with zero attached hydrogens (tertiary/aromatic N) is 3. The number of carbonyl (C=O) groups is 1. The number of aromatic nitrogens is 2. The minimum Gasteiger partial charge on any atom is -0.465 e. The number of rotatable bonds is 4. The van der Waals surface area contributed by atoms with Gasteiger partial charge in [-0.2, -0.15) is 10.2 Å². The third kappa shape index (κ3) is 2.55. The molecule has 0 spiro atoms. The van der Waals surface area contributed by atoms with Crippen LogP contribution in [-0.4, -0.2) is 23.2 Å². The fourth-order valence-electron chi connectivity index (χ4n) is 1.52. The number of thiophene rings is 1. The number of nitriles is 1. The van der Waals surface area contributed by atoms with E-state index in [4.69, 9.17) is 15.5 Å². The van der Waals surface area contributed by atoms with Crippen LogP contribution in [-0.2, 0) is 11.3 Å². The van der Waals surface area contributed by atoms with Crippen LogP contribution in [0.25, 0.3) is 0 Å². The Balaban J connectivity index is 2.26. The summed E-state index contributed by atoms with van der Waals surface area (Å²) in [4.78, 5) is 16.0. The van der Waals surface area contributed by atoms with Gasteiger partial charge in [-0.05, 0) is 6.92 Å². The molecule has 0 fully saturated rings. The molecule has 2 aromatic heterocycles. The molecule has 3 N–H and O–H groups in total. The van der Waals surface area contributed by atoms with Crippen molar-refractivity contribution in [3.05, 3.63) is 22.2 Å². The van der Waals surface area contributed by atoms with Gasteiger partial charge in [-0.1, -0.05) is 5.16 Å². The summed E-state index contributed by atoms with van der Waals surface area (Å²) in [5, 5.41) is 16.0. The van der Waals surface area contributed by atoms with Crippen molar-refractivity contribution in [1.29, 1.82) is 5.26 Å². The molecule has 2 rings (SSSR count). The number of methoxy groups -OCH3 is 1. The lowest BCUT2D eigenvalue weighted by Crippen LogP contribution is -2.08. The summed E-state index contributed by atoms with van der Waals surface area (Å²) in [5.74, 6) is 0.270. The Morgan fingerprint density at radius 3 is 2.95 bits per heavy atom. The molecular weight excluding hydrogens is 282 g/mol. The number of nitrogen functional groups attached to an aromatic ring is 1. The fourth-order valence-corrected chi connectivity index (χ4v) is 2.43. The van der Waals surface area contributed by atoms with Crippen LogP contribution < -0.4 is 11.1 Å². The number of aryl methyl sites for hydroxylation is 1. The summed E-state index contributed by atoms with van der Waals surface area (Å²) in [7, 11) is 1.25. The monoisotopic (exact) mass is 293 g/mol. The molecule has 2 heterocycles. The van der Waals surface area contributed by atoms with Crippen molar-refractivity contribution in [1.82, 2.24) is 10.1 Å². The fraction of sp³-hybridized carbons (Fsp3) is 0.273. The number of nitrogens with two attached hydrogens (primary N) is 1. The summed E-state index contributed by atoms with van der Waals surface area (Å²) in [6.07, 6.45) is 0. The molecular formula is C11H11N5O3S. The number of hydrogen-bond acceptors (Lipinski definition) is 9. The predicted molar refractivity (Wildman–Crippen MR) is 71.1 cm³/mol. The van der Waals surface area contributed by atoms with Crippen molar-refractivity contribution in [2.45, 2.75) is 13.5 Å². The molecule has 0 aliphatic heterocycles. The zero-order valence-electron chi connectivity index (χ0n) is 10.8. The van der Waals surface area contributed by atoms with Gasteiger partial charge < -0.3 is 20.3 Å². The van der Waals surface area contributed by atoms with Crippen LogP contribution in [0, 0.1) is 18.3 Å². The average molecular weight is 293 g/mol. The van der Waals surface area contributed by atoms with E-state index >= 15 is 0 Å². The highest BCUT2D eigenvalue weighted by Crippen LogP contribution is 2.35. The van der Waals surface area contributed by atoms with E-state index in [1.54, 1.807) is 6.92 Å². The van der Waals surface area contributed by atoms with Crippen LogP contribution in [0.5, 0.6) is 0 Å². The maximum Gasteiger partial charge on any atom is 0.343 e. The van der Waals surface area contributed by atoms with Gasteiger partial charge in [0.1, 0.15) is 21.5 Å². The van der Waals surface area contributed by atoms with Gasteiger partial charge in [-0.15, -0.1) is 11.3 Å². The standard InChI is InChI=1S/C11H11N5O3S/c1-5-15-7(19-16-5)4-14-10-8(11(17)18-2)9(13)6(3-12)20-10/h14H,4,13H2,1-2H3. The summed E-state index contributed by atoms with van der Waals surface area (Å²) in [6, 6.07) is 1.93. The normalized spacial score (nSPS) is 10.1. The number of ether oxygens (including phenoxy) is 1. The molecule has 104 valence electrons. The van der Waals surface area contributed by atoms with E-state index in [0.29, 0.717) is 16.7 Å². The molecule has 2 aromatic rings. The van der Waals surface area contributed by atoms with E-state index in [0.717, 1.165) is 11.3 Å². The summed E-state index contributed by atoms with van der Waals surface area (Å²) in [5.41, 5.74) is 6.01. The van der Waals surface area contributed by atoms with E-state index in [9.17, 15) is 4.79 Å². The van der Waals surface area contributed by atoms with Crippen LogP contribution in [0.4, 0.5) is 10.7 Å². The predicted octanol–water partition coefficient (Wildman–Crippen LogP) is 1.29. The Kier molecular flexibility index (Phi) is 3.86. The van der Waals surface area contributed by atoms with Crippen molar-refractivity contribution in [2.75, 3.05) is 18.2 Å². The van der Waals surface area contributed by atoms with Crippen LogP contribution in [0.2, 0.25) is 0 Å². The lowest BCUT2D eigenvalue weighted by molar-refractivity contribution is 0.0603. The molecule has 0 aliphatic rings. The van der Waals surface area contributed by atoms with Crippen molar-refractivity contribution >= 4 is 28.0 Å². The maximum atomic E-state index is 11.7. The summed E-state index contributed by atoms with van der Waals surface area (Å²) in [6.45, 7) is 1.92. The first-order chi connectivity index (χ1) is 9.56. The molecule has 0 saturated carbocycles. The molecule has 0 saturated heterocycles. The van der Waals surface area contributed by atoms with E-state index in [-0.39, 0.29) is 22.7 Å². The molecule has 20 heavy (non-hydrogen) atoms. The van der Waals surface area contributed by atoms with Gasteiger partial charge in [-0.25, -0.2) is 4.79 Å². The first-order valence-electron chi connectivity index (χ1n) is 5.50. The molecule has 9 heteroatoms. The minimum absolute atomic E-state index is 0.105. The number of anilines is 2. The summed E-state index contributed by atoms with van der Waals surface area (Å²) < 4.78 is 9.60. The average Bonchev–Trinajstić information content (AvgIpc) is 2.99. The SMILES string of the molecule is COC(=O)c1c(NCc2nc(C)no2)sc(C#N)c1N. The van der Waals surface area contributed by atoms with Crippen molar-refractivity contribution in [3.8, 4) is 6.07 Å². The highest BCUT2D eigenvalue weighted by molar-refractivity contribution is 7.17. The lowest BCUT2D eigenvalue weighted by atomic mass is 10.2. The molecule has 0 atom stereocenters. The zero-order valence-corrected chi connectivity index (χ0v) is 11.6. The molecule has 0 aromatic carbocycles. The molecule has 8 nitrogen and oxygen atoms in total. The molecule has 0 bridgehead atoms. The molecule has 0 aliphatic carbocycles. The highest BCUT2D eigenvalue weighted by atomic mass is 32.1. The zero-order chi connectivity index (χ0) is 14.7. The third-order valence-corrected chi connectivity index (χ3v) is 3.47. The van der Waals surface area contributed by atoms with Gasteiger partial charge in [0, 0.05) is 0 Å². The number of nitrogens with one attached hydrogen (secondary N) is 1. The highest BCUT2D eigenvalue weighted by Gasteiger charge is 2.23. The first-order valence-corrected chi connectivity index (χ1v) is 6.32. The Morgan fingerprint density at radius 2 is 2.40 bits per heavy atom. The van der Waals surface area contributed by atoms with Crippen molar-refractivity contribution < 1.29 is 14.1 Å². The van der Waals surface area contributed by atoms with E-state index < -0.39 is 5.97 Å². The quantitative estimate of drug-likeness (QED) is 0.807. The Hall–Kier alpha value is -2.60. The van der Waals surface area contributed by atoms with Gasteiger partial charge in [-0.3, -0.25) is 0 Å². The molecule has 0 radical (unpaired) electrons. The maximum absolute atomic E-state index is 11.7.